The smallest absolute Gasteiger partial charge is 0.253 e. The summed E-state index contributed by atoms with van der Waals surface area (Å²) in [6, 6.07) is 5.33. The number of benzene rings is 1. The van der Waals surface area contributed by atoms with Crippen LogP contribution >= 0.6 is 0 Å². The Morgan fingerprint density at radius 2 is 1.79 bits per heavy atom. The minimum absolute atomic E-state index is 0.0331. The van der Waals surface area contributed by atoms with Crippen LogP contribution in [0.4, 0.5) is 0 Å². The lowest BCUT2D eigenvalue weighted by molar-refractivity contribution is -0.131. The largest absolute Gasteiger partial charge is 0.388 e. The number of H-pyrrole nitrogens is 1. The van der Waals surface area contributed by atoms with E-state index in [4.69, 9.17) is 0 Å². The number of nitrogens with zero attached hydrogens (tertiary/aromatic N) is 5. The van der Waals surface area contributed by atoms with E-state index < -0.39 is 5.60 Å². The summed E-state index contributed by atoms with van der Waals surface area (Å²) in [5, 5.41) is 21.8. The van der Waals surface area contributed by atoms with Gasteiger partial charge in [0.05, 0.1) is 5.60 Å². The Hall–Kier alpha value is -2.52. The van der Waals surface area contributed by atoms with E-state index in [1.165, 1.54) is 0 Å². The standard InChI is InChI=1S/C20H28N6O3/c1-15(27)25-11-9-24(10-12-25)14-20(29)5-2-7-26(8-6-20)19(28)16-3-4-17-18(13-16)22-23-21-17/h3-4,13,29H,2,5-12,14H2,1H3,(H,21,22,23)/t20-/m0/s1. The summed E-state index contributed by atoms with van der Waals surface area (Å²) in [4.78, 5) is 30.4. The van der Waals surface area contributed by atoms with Gasteiger partial charge in [0.15, 0.2) is 0 Å². The Morgan fingerprint density at radius 1 is 1.03 bits per heavy atom. The molecule has 4 rings (SSSR count). The lowest BCUT2D eigenvalue weighted by atomic mass is 9.94. The summed E-state index contributed by atoms with van der Waals surface area (Å²) in [5.74, 6) is 0.0741. The normalized spacial score (nSPS) is 23.9. The number of likely N-dealkylation sites (tertiary alicyclic amines) is 1. The third-order valence-corrected chi connectivity index (χ3v) is 6.10. The van der Waals surface area contributed by atoms with Crippen LogP contribution < -0.4 is 0 Å². The minimum Gasteiger partial charge on any atom is -0.388 e. The third-order valence-electron chi connectivity index (χ3n) is 6.10. The van der Waals surface area contributed by atoms with E-state index in [2.05, 4.69) is 20.3 Å². The molecule has 2 saturated heterocycles. The fourth-order valence-corrected chi connectivity index (χ4v) is 4.33. The topological polar surface area (TPSA) is 106 Å². The second-order valence-electron chi connectivity index (χ2n) is 8.18. The quantitative estimate of drug-likeness (QED) is 0.776. The number of aromatic nitrogens is 3. The number of amides is 2. The highest BCUT2D eigenvalue weighted by Gasteiger charge is 2.34. The summed E-state index contributed by atoms with van der Waals surface area (Å²) >= 11 is 0. The van der Waals surface area contributed by atoms with Crippen LogP contribution in [0.3, 0.4) is 0 Å². The molecule has 0 bridgehead atoms. The van der Waals surface area contributed by atoms with E-state index in [0.717, 1.165) is 25.0 Å². The molecule has 156 valence electrons. The minimum atomic E-state index is -0.802. The van der Waals surface area contributed by atoms with Gasteiger partial charge >= 0.3 is 0 Å². The van der Waals surface area contributed by atoms with Crippen LogP contribution in [-0.4, -0.2) is 98.4 Å². The maximum Gasteiger partial charge on any atom is 0.253 e. The van der Waals surface area contributed by atoms with Crippen LogP contribution in [0.5, 0.6) is 0 Å². The Morgan fingerprint density at radius 3 is 2.55 bits per heavy atom. The van der Waals surface area contributed by atoms with Gasteiger partial charge in [-0.2, -0.15) is 15.4 Å². The van der Waals surface area contributed by atoms with Crippen LogP contribution in [-0.2, 0) is 4.79 Å². The van der Waals surface area contributed by atoms with E-state index in [1.54, 1.807) is 25.1 Å². The number of carbonyl (C=O) groups excluding carboxylic acids is 2. The Bertz CT molecular complexity index is 891. The van der Waals surface area contributed by atoms with Gasteiger partial charge in [-0.25, -0.2) is 0 Å². The molecule has 2 amide bonds. The predicted octanol–water partition coefficient (Wildman–Crippen LogP) is 0.479. The molecule has 0 aliphatic carbocycles. The van der Waals surface area contributed by atoms with E-state index in [9.17, 15) is 14.7 Å². The van der Waals surface area contributed by atoms with Gasteiger partial charge in [-0.15, -0.1) is 0 Å². The van der Waals surface area contributed by atoms with Gasteiger partial charge in [-0.3, -0.25) is 14.5 Å². The molecule has 2 aromatic rings. The number of aromatic amines is 1. The molecule has 0 radical (unpaired) electrons. The van der Waals surface area contributed by atoms with Crippen LogP contribution in [0.15, 0.2) is 18.2 Å². The van der Waals surface area contributed by atoms with Gasteiger partial charge in [0.1, 0.15) is 11.0 Å². The molecular formula is C20H28N6O3. The van der Waals surface area contributed by atoms with Gasteiger partial charge < -0.3 is 14.9 Å². The SMILES string of the molecule is CC(=O)N1CCN(C[C@]2(O)CCCN(C(=O)c3ccc4n[nH]nc4c3)CC2)CC1. The summed E-state index contributed by atoms with van der Waals surface area (Å²) < 4.78 is 0. The van der Waals surface area contributed by atoms with Crippen LogP contribution in [0.1, 0.15) is 36.5 Å². The number of piperazine rings is 1. The summed E-state index contributed by atoms with van der Waals surface area (Å²) in [6.45, 7) is 6.33. The van der Waals surface area contributed by atoms with Crippen molar-refractivity contribution >= 4 is 22.8 Å². The molecule has 2 aliphatic heterocycles. The number of rotatable bonds is 3. The summed E-state index contributed by atoms with van der Waals surface area (Å²) in [6.07, 6.45) is 1.99. The molecule has 0 spiro atoms. The van der Waals surface area contributed by atoms with E-state index in [1.807, 2.05) is 9.80 Å². The maximum atomic E-state index is 13.0. The van der Waals surface area contributed by atoms with E-state index >= 15 is 0 Å². The number of β-amino-alcohol motifs (C(OH)–C–C–N with tert-alkyl or cyclic N) is 1. The second kappa shape index (κ2) is 8.08. The molecule has 0 unspecified atom stereocenters. The fourth-order valence-electron chi connectivity index (χ4n) is 4.33. The van der Waals surface area contributed by atoms with Crippen molar-refractivity contribution in [1.29, 1.82) is 0 Å². The zero-order chi connectivity index (χ0) is 20.4. The Kier molecular flexibility index (Phi) is 5.51. The van der Waals surface area contributed by atoms with Crippen LogP contribution in [0.25, 0.3) is 11.0 Å². The fraction of sp³-hybridized carbons (Fsp3) is 0.600. The lowest BCUT2D eigenvalue weighted by Crippen LogP contribution is -2.53. The molecule has 2 N–H and O–H groups in total. The van der Waals surface area contributed by atoms with Crippen molar-refractivity contribution in [3.05, 3.63) is 23.8 Å². The molecular weight excluding hydrogens is 372 g/mol. The number of hydrogen-bond acceptors (Lipinski definition) is 6. The third kappa shape index (κ3) is 4.40. The second-order valence-corrected chi connectivity index (χ2v) is 8.18. The number of aliphatic hydroxyl groups is 1. The molecule has 1 atom stereocenters. The highest BCUT2D eigenvalue weighted by molar-refractivity contribution is 5.97. The van der Waals surface area contributed by atoms with Crippen molar-refractivity contribution in [2.75, 3.05) is 45.8 Å². The van der Waals surface area contributed by atoms with E-state index in [0.29, 0.717) is 56.6 Å². The van der Waals surface area contributed by atoms with Gasteiger partial charge in [-0.1, -0.05) is 0 Å². The first kappa shape index (κ1) is 19.8. The highest BCUT2D eigenvalue weighted by atomic mass is 16.3. The molecule has 0 saturated carbocycles. The first-order valence-corrected chi connectivity index (χ1v) is 10.2. The van der Waals surface area contributed by atoms with Crippen LogP contribution in [0.2, 0.25) is 0 Å². The first-order chi connectivity index (χ1) is 13.9. The number of carbonyl (C=O) groups is 2. The predicted molar refractivity (Wildman–Crippen MR) is 107 cm³/mol. The Labute approximate surface area is 169 Å². The molecule has 2 fully saturated rings. The zero-order valence-electron chi connectivity index (χ0n) is 16.8. The van der Waals surface area contributed by atoms with Crippen molar-refractivity contribution < 1.29 is 14.7 Å². The monoisotopic (exact) mass is 400 g/mol. The first-order valence-electron chi connectivity index (χ1n) is 10.2. The van der Waals surface area contributed by atoms with Crippen molar-refractivity contribution in [2.24, 2.45) is 0 Å². The highest BCUT2D eigenvalue weighted by Crippen LogP contribution is 2.25. The lowest BCUT2D eigenvalue weighted by Gasteiger charge is -2.39. The van der Waals surface area contributed by atoms with Crippen molar-refractivity contribution in [2.45, 2.75) is 31.8 Å². The Balaban J connectivity index is 1.35. The van der Waals surface area contributed by atoms with Gasteiger partial charge in [0, 0.05) is 58.3 Å². The molecule has 2 aliphatic rings. The van der Waals surface area contributed by atoms with Crippen LogP contribution in [0, 0.1) is 0 Å². The van der Waals surface area contributed by atoms with Gasteiger partial charge in [0.2, 0.25) is 5.91 Å². The van der Waals surface area contributed by atoms with E-state index in [-0.39, 0.29) is 11.8 Å². The van der Waals surface area contributed by atoms with Crippen molar-refractivity contribution in [3.63, 3.8) is 0 Å². The number of hydrogen-bond donors (Lipinski definition) is 2. The average Bonchev–Trinajstić information content (AvgIpc) is 3.10. The summed E-state index contributed by atoms with van der Waals surface area (Å²) in [7, 11) is 0. The average molecular weight is 400 g/mol. The molecule has 1 aromatic heterocycles. The van der Waals surface area contributed by atoms with Gasteiger partial charge in [-0.05, 0) is 37.5 Å². The van der Waals surface area contributed by atoms with Crippen molar-refractivity contribution in [3.8, 4) is 0 Å². The van der Waals surface area contributed by atoms with Gasteiger partial charge in [0.25, 0.3) is 5.91 Å². The molecule has 9 heteroatoms. The number of fused-ring (bicyclic) bond motifs is 1. The molecule has 1 aromatic carbocycles. The zero-order valence-corrected chi connectivity index (χ0v) is 16.8. The molecule has 29 heavy (non-hydrogen) atoms. The molecule has 9 nitrogen and oxygen atoms in total. The van der Waals surface area contributed by atoms with Crippen molar-refractivity contribution in [1.82, 2.24) is 30.1 Å². The molecule has 3 heterocycles. The maximum absolute atomic E-state index is 13.0. The number of nitrogens with one attached hydrogen (secondary N) is 1. The summed E-state index contributed by atoms with van der Waals surface area (Å²) in [5.41, 5.74) is 1.20.